The van der Waals surface area contributed by atoms with E-state index in [-0.39, 0.29) is 23.1 Å². The molecule has 0 aliphatic rings. The summed E-state index contributed by atoms with van der Waals surface area (Å²) in [6.07, 6.45) is 1.60. The zero-order valence-corrected chi connectivity index (χ0v) is 17.7. The number of nitrogens with zero attached hydrogens (tertiary/aromatic N) is 4. The fourth-order valence-corrected chi connectivity index (χ4v) is 4.24. The SMILES string of the molecule is CN(C)S(=O)(=O)c1ccccc1CNC(=O)CSc1ncn(-c2ccccc2)n1. The Balaban J connectivity index is 1.57. The molecule has 0 atom stereocenters. The third-order valence-electron chi connectivity index (χ3n) is 4.03. The zero-order chi connectivity index (χ0) is 20.9. The lowest BCUT2D eigenvalue weighted by Crippen LogP contribution is -2.28. The highest BCUT2D eigenvalue weighted by molar-refractivity contribution is 7.99. The normalized spacial score (nSPS) is 11.6. The van der Waals surface area contributed by atoms with Gasteiger partial charge in [-0.15, -0.1) is 5.10 Å². The molecule has 0 saturated carbocycles. The number of hydrogen-bond donors (Lipinski definition) is 1. The number of nitrogens with one attached hydrogen (secondary N) is 1. The highest BCUT2D eigenvalue weighted by atomic mass is 32.2. The van der Waals surface area contributed by atoms with Crippen LogP contribution in [0.4, 0.5) is 0 Å². The third kappa shape index (κ3) is 5.22. The van der Waals surface area contributed by atoms with Crippen molar-refractivity contribution < 1.29 is 13.2 Å². The first kappa shape index (κ1) is 21.0. The highest BCUT2D eigenvalue weighted by Gasteiger charge is 2.20. The maximum atomic E-state index is 12.4. The number of rotatable bonds is 8. The van der Waals surface area contributed by atoms with Crippen molar-refractivity contribution in [3.63, 3.8) is 0 Å². The van der Waals surface area contributed by atoms with E-state index < -0.39 is 10.0 Å². The average Bonchev–Trinajstić information content (AvgIpc) is 3.20. The predicted molar refractivity (Wildman–Crippen MR) is 111 cm³/mol. The van der Waals surface area contributed by atoms with Crippen molar-refractivity contribution in [1.82, 2.24) is 24.4 Å². The van der Waals surface area contributed by atoms with E-state index in [4.69, 9.17) is 0 Å². The molecular formula is C19H21N5O3S2. The number of amides is 1. The minimum atomic E-state index is -3.58. The number of aromatic nitrogens is 3. The van der Waals surface area contributed by atoms with Crippen LogP contribution in [0.2, 0.25) is 0 Å². The maximum Gasteiger partial charge on any atom is 0.242 e. The molecule has 0 aliphatic heterocycles. The molecule has 10 heteroatoms. The summed E-state index contributed by atoms with van der Waals surface area (Å²) in [7, 11) is -0.630. The van der Waals surface area contributed by atoms with Crippen LogP contribution in [0.5, 0.6) is 0 Å². The average molecular weight is 432 g/mol. The van der Waals surface area contributed by atoms with E-state index in [1.54, 1.807) is 29.2 Å². The number of sulfonamides is 1. The van der Waals surface area contributed by atoms with Gasteiger partial charge in [-0.1, -0.05) is 48.2 Å². The Bertz CT molecular complexity index is 1080. The quantitative estimate of drug-likeness (QED) is 0.548. The van der Waals surface area contributed by atoms with Crippen LogP contribution in [-0.4, -0.2) is 53.2 Å². The van der Waals surface area contributed by atoms with E-state index in [2.05, 4.69) is 15.4 Å². The Morgan fingerprint density at radius 2 is 1.79 bits per heavy atom. The molecular weight excluding hydrogens is 410 g/mol. The lowest BCUT2D eigenvalue weighted by Gasteiger charge is -2.15. The summed E-state index contributed by atoms with van der Waals surface area (Å²) in [4.78, 5) is 16.6. The number of carbonyl (C=O) groups excluding carboxylic acids is 1. The van der Waals surface area contributed by atoms with Gasteiger partial charge in [0.2, 0.25) is 21.1 Å². The molecule has 3 rings (SSSR count). The fraction of sp³-hybridized carbons (Fsp3) is 0.211. The minimum Gasteiger partial charge on any atom is -0.351 e. The molecule has 0 spiro atoms. The molecule has 0 saturated heterocycles. The summed E-state index contributed by atoms with van der Waals surface area (Å²) in [6.45, 7) is 0.120. The molecule has 0 bridgehead atoms. The van der Waals surface area contributed by atoms with E-state index in [0.717, 1.165) is 9.99 Å². The lowest BCUT2D eigenvalue weighted by atomic mass is 10.2. The number of carbonyl (C=O) groups is 1. The Labute approximate surface area is 174 Å². The van der Waals surface area contributed by atoms with E-state index in [1.165, 1.54) is 31.9 Å². The van der Waals surface area contributed by atoms with Crippen LogP contribution in [0, 0.1) is 0 Å². The van der Waals surface area contributed by atoms with Gasteiger partial charge < -0.3 is 5.32 Å². The maximum absolute atomic E-state index is 12.4. The van der Waals surface area contributed by atoms with E-state index in [9.17, 15) is 13.2 Å². The number of thioether (sulfide) groups is 1. The van der Waals surface area contributed by atoms with Crippen molar-refractivity contribution in [1.29, 1.82) is 0 Å². The molecule has 8 nitrogen and oxygen atoms in total. The first-order valence-electron chi connectivity index (χ1n) is 8.75. The Hall–Kier alpha value is -2.69. The van der Waals surface area contributed by atoms with Crippen molar-refractivity contribution >= 4 is 27.7 Å². The van der Waals surface area contributed by atoms with Crippen molar-refractivity contribution in [2.75, 3.05) is 19.8 Å². The van der Waals surface area contributed by atoms with Crippen molar-refractivity contribution in [2.24, 2.45) is 0 Å². The third-order valence-corrected chi connectivity index (χ3v) is 6.80. The highest BCUT2D eigenvalue weighted by Crippen LogP contribution is 2.19. The van der Waals surface area contributed by atoms with Crippen molar-refractivity contribution in [3.8, 4) is 5.69 Å². The second kappa shape index (κ2) is 9.21. The molecule has 0 aliphatic carbocycles. The van der Waals surface area contributed by atoms with Crippen LogP contribution in [0.25, 0.3) is 5.69 Å². The number of hydrogen-bond acceptors (Lipinski definition) is 6. The van der Waals surface area contributed by atoms with Crippen molar-refractivity contribution in [2.45, 2.75) is 16.6 Å². The molecule has 1 N–H and O–H groups in total. The molecule has 0 unspecified atom stereocenters. The van der Waals surface area contributed by atoms with Gasteiger partial charge in [0.25, 0.3) is 0 Å². The summed E-state index contributed by atoms with van der Waals surface area (Å²) in [5.74, 6) is -0.107. The predicted octanol–water partition coefficient (Wildman–Crippen LogP) is 1.93. The molecule has 1 aromatic heterocycles. The monoisotopic (exact) mass is 431 g/mol. The summed E-state index contributed by atoms with van der Waals surface area (Å²) in [5, 5.41) is 7.58. The van der Waals surface area contributed by atoms with E-state index in [0.29, 0.717) is 10.7 Å². The minimum absolute atomic E-state index is 0.120. The molecule has 1 heterocycles. The van der Waals surface area contributed by atoms with Crippen LogP contribution in [0.15, 0.2) is 71.0 Å². The second-order valence-corrected chi connectivity index (χ2v) is 9.33. The Morgan fingerprint density at radius 1 is 1.10 bits per heavy atom. The van der Waals surface area contributed by atoms with Gasteiger partial charge in [0, 0.05) is 20.6 Å². The fourth-order valence-electron chi connectivity index (χ4n) is 2.49. The first-order valence-corrected chi connectivity index (χ1v) is 11.2. The molecule has 1 amide bonds. The number of benzene rings is 2. The van der Waals surface area contributed by atoms with Crippen LogP contribution < -0.4 is 5.32 Å². The molecule has 0 fully saturated rings. The van der Waals surface area contributed by atoms with Crippen LogP contribution in [0.1, 0.15) is 5.56 Å². The summed E-state index contributed by atoms with van der Waals surface area (Å²) < 4.78 is 27.6. The summed E-state index contributed by atoms with van der Waals surface area (Å²) in [5.41, 5.74) is 1.42. The standard InChI is InChI=1S/C19H21N5O3S2/c1-23(2)29(26,27)17-11-7-6-8-15(17)12-20-18(25)13-28-19-21-14-24(22-19)16-9-4-3-5-10-16/h3-11,14H,12-13H2,1-2H3,(H,20,25). The summed E-state index contributed by atoms with van der Waals surface area (Å²) in [6, 6.07) is 16.2. The first-order chi connectivity index (χ1) is 13.9. The van der Waals surface area contributed by atoms with Crippen LogP contribution >= 0.6 is 11.8 Å². The van der Waals surface area contributed by atoms with Crippen LogP contribution in [0.3, 0.4) is 0 Å². The van der Waals surface area contributed by atoms with Gasteiger partial charge in [-0.05, 0) is 23.8 Å². The Morgan fingerprint density at radius 3 is 2.52 bits per heavy atom. The zero-order valence-electron chi connectivity index (χ0n) is 16.0. The lowest BCUT2D eigenvalue weighted by molar-refractivity contribution is -0.118. The summed E-state index contributed by atoms with van der Waals surface area (Å²) >= 11 is 1.21. The molecule has 3 aromatic rings. The van der Waals surface area contributed by atoms with Gasteiger partial charge in [-0.25, -0.2) is 22.4 Å². The van der Waals surface area contributed by atoms with Gasteiger partial charge in [-0.2, -0.15) is 0 Å². The molecule has 0 radical (unpaired) electrons. The van der Waals surface area contributed by atoms with Crippen molar-refractivity contribution in [3.05, 3.63) is 66.5 Å². The van der Waals surface area contributed by atoms with Crippen LogP contribution in [-0.2, 0) is 21.4 Å². The second-order valence-electron chi connectivity index (χ2n) is 6.27. The van der Waals surface area contributed by atoms with Gasteiger partial charge in [0.05, 0.1) is 16.3 Å². The van der Waals surface area contributed by atoms with Gasteiger partial charge >= 0.3 is 0 Å². The van der Waals surface area contributed by atoms with E-state index >= 15 is 0 Å². The Kier molecular flexibility index (Phi) is 6.68. The molecule has 29 heavy (non-hydrogen) atoms. The topological polar surface area (TPSA) is 97.2 Å². The molecule has 152 valence electrons. The largest absolute Gasteiger partial charge is 0.351 e. The number of para-hydroxylation sites is 1. The molecule has 2 aromatic carbocycles. The smallest absolute Gasteiger partial charge is 0.242 e. The van der Waals surface area contributed by atoms with Gasteiger partial charge in [0.15, 0.2) is 0 Å². The van der Waals surface area contributed by atoms with Gasteiger partial charge in [-0.3, -0.25) is 4.79 Å². The van der Waals surface area contributed by atoms with E-state index in [1.807, 2.05) is 30.3 Å². The van der Waals surface area contributed by atoms with Gasteiger partial charge in [0.1, 0.15) is 6.33 Å².